The van der Waals surface area contributed by atoms with E-state index in [4.69, 9.17) is 9.47 Å². The summed E-state index contributed by atoms with van der Waals surface area (Å²) >= 11 is 0. The summed E-state index contributed by atoms with van der Waals surface area (Å²) in [6.45, 7) is 0. The first-order valence-corrected chi connectivity index (χ1v) is 11.2. The van der Waals surface area contributed by atoms with Crippen molar-refractivity contribution in [3.63, 3.8) is 0 Å². The van der Waals surface area contributed by atoms with Crippen LogP contribution >= 0.6 is 0 Å². The van der Waals surface area contributed by atoms with Crippen LogP contribution in [-0.2, 0) is 11.0 Å². The van der Waals surface area contributed by atoms with E-state index < -0.39 is 17.6 Å². The molecule has 38 heavy (non-hydrogen) atoms. The number of methoxy groups -OCH3 is 2. The van der Waals surface area contributed by atoms with Gasteiger partial charge >= 0.3 is 6.18 Å². The van der Waals surface area contributed by atoms with Gasteiger partial charge in [0.2, 0.25) is 0 Å². The number of amides is 1. The Kier molecular flexibility index (Phi) is 7.48. The summed E-state index contributed by atoms with van der Waals surface area (Å²) in [5, 5.41) is 16.8. The maximum Gasteiger partial charge on any atom is 0.416 e. The minimum atomic E-state index is -4.57. The lowest BCUT2D eigenvalue weighted by molar-refractivity contribution is -0.137. The monoisotopic (exact) mass is 518 g/mol. The van der Waals surface area contributed by atoms with Gasteiger partial charge in [-0.2, -0.15) is 23.5 Å². The molecule has 4 rings (SSSR count). The standard InChI is InChI=1S/C28H21F3N4O3/c1-37-24-12-11-18(14-25(24)38-2)26-20(17-35(34-26)23-9-4-3-5-10-23)13-19(16-32)27(36)33-22-8-6-7-21(15-22)28(29,30)31/h3-15,17H,1-2H3,(H,33,36)/b19-13-. The van der Waals surface area contributed by atoms with Crippen molar-refractivity contribution in [1.82, 2.24) is 9.78 Å². The number of hydrogen-bond acceptors (Lipinski definition) is 5. The Bertz CT molecular complexity index is 1540. The number of nitrogens with zero attached hydrogens (tertiary/aromatic N) is 3. The largest absolute Gasteiger partial charge is 0.493 e. The third kappa shape index (κ3) is 5.68. The second-order valence-electron chi connectivity index (χ2n) is 7.99. The number of anilines is 1. The number of carbonyl (C=O) groups excluding carboxylic acids is 1. The van der Waals surface area contributed by atoms with E-state index in [0.717, 1.165) is 17.8 Å². The van der Waals surface area contributed by atoms with Crippen LogP contribution in [0.3, 0.4) is 0 Å². The fraction of sp³-hybridized carbons (Fsp3) is 0.107. The molecule has 1 N–H and O–H groups in total. The summed E-state index contributed by atoms with van der Waals surface area (Å²) in [7, 11) is 3.01. The second kappa shape index (κ2) is 10.9. The van der Waals surface area contributed by atoms with Crippen LogP contribution in [0.2, 0.25) is 0 Å². The lowest BCUT2D eigenvalue weighted by Gasteiger charge is -2.10. The summed E-state index contributed by atoms with van der Waals surface area (Å²) in [5.74, 6) is 0.101. The van der Waals surface area contributed by atoms with Crippen molar-refractivity contribution in [1.29, 1.82) is 5.26 Å². The van der Waals surface area contributed by atoms with E-state index in [9.17, 15) is 23.2 Å². The lowest BCUT2D eigenvalue weighted by atomic mass is 10.0. The number of carbonyl (C=O) groups is 1. The highest BCUT2D eigenvalue weighted by atomic mass is 19.4. The molecule has 192 valence electrons. The molecule has 0 unspecified atom stereocenters. The van der Waals surface area contributed by atoms with Gasteiger partial charge in [0.15, 0.2) is 11.5 Å². The van der Waals surface area contributed by atoms with Gasteiger partial charge in [-0.1, -0.05) is 24.3 Å². The van der Waals surface area contributed by atoms with Crippen LogP contribution in [0.15, 0.2) is 84.6 Å². The zero-order valence-electron chi connectivity index (χ0n) is 20.3. The van der Waals surface area contributed by atoms with E-state index in [1.54, 1.807) is 29.1 Å². The van der Waals surface area contributed by atoms with Crippen molar-refractivity contribution < 1.29 is 27.4 Å². The Labute approximate surface area is 216 Å². The minimum absolute atomic E-state index is 0.0916. The Hall–Kier alpha value is -5.04. The summed E-state index contributed by atoms with van der Waals surface area (Å²) in [6, 6.07) is 20.4. The molecule has 0 radical (unpaired) electrons. The highest BCUT2D eigenvalue weighted by Crippen LogP contribution is 2.34. The smallest absolute Gasteiger partial charge is 0.416 e. The normalized spacial score (nSPS) is 11.5. The second-order valence-corrected chi connectivity index (χ2v) is 7.99. The van der Waals surface area contributed by atoms with Gasteiger partial charge in [0.05, 0.1) is 25.5 Å². The SMILES string of the molecule is COc1ccc(-c2nn(-c3ccccc3)cc2/C=C(/C#N)C(=O)Nc2cccc(C(F)(F)F)c2)cc1OC. The number of nitrogens with one attached hydrogen (secondary N) is 1. The molecule has 1 aromatic heterocycles. The molecule has 0 spiro atoms. The lowest BCUT2D eigenvalue weighted by Crippen LogP contribution is -2.14. The molecule has 1 heterocycles. The van der Waals surface area contributed by atoms with Gasteiger partial charge in [-0.05, 0) is 54.6 Å². The fourth-order valence-electron chi connectivity index (χ4n) is 3.69. The van der Waals surface area contributed by atoms with Gasteiger partial charge in [0, 0.05) is 23.0 Å². The van der Waals surface area contributed by atoms with Crippen LogP contribution in [0.5, 0.6) is 11.5 Å². The van der Waals surface area contributed by atoms with Crippen molar-refractivity contribution in [2.45, 2.75) is 6.18 Å². The fourth-order valence-corrected chi connectivity index (χ4v) is 3.69. The molecule has 0 fully saturated rings. The number of aromatic nitrogens is 2. The number of para-hydroxylation sites is 1. The average molecular weight is 518 g/mol. The Morgan fingerprint density at radius 3 is 2.39 bits per heavy atom. The van der Waals surface area contributed by atoms with Crippen molar-refractivity contribution in [3.8, 4) is 34.5 Å². The Morgan fingerprint density at radius 1 is 1.00 bits per heavy atom. The molecule has 0 bridgehead atoms. The van der Waals surface area contributed by atoms with E-state index in [0.29, 0.717) is 28.3 Å². The zero-order chi connectivity index (χ0) is 27.3. The van der Waals surface area contributed by atoms with Gasteiger partial charge < -0.3 is 14.8 Å². The van der Waals surface area contributed by atoms with Gasteiger partial charge in [0.1, 0.15) is 17.3 Å². The summed E-state index contributed by atoms with van der Waals surface area (Å²) < 4.78 is 51.5. The number of hydrogen-bond donors (Lipinski definition) is 1. The van der Waals surface area contributed by atoms with E-state index in [1.807, 2.05) is 36.4 Å². The van der Waals surface area contributed by atoms with Gasteiger partial charge in [-0.25, -0.2) is 4.68 Å². The first kappa shape index (κ1) is 26.0. The Morgan fingerprint density at radius 2 is 1.74 bits per heavy atom. The highest BCUT2D eigenvalue weighted by molar-refractivity contribution is 6.10. The van der Waals surface area contributed by atoms with Gasteiger partial charge in [-0.3, -0.25) is 4.79 Å². The van der Waals surface area contributed by atoms with E-state index >= 15 is 0 Å². The molecule has 4 aromatic rings. The molecule has 7 nitrogen and oxygen atoms in total. The third-order valence-electron chi connectivity index (χ3n) is 5.53. The van der Waals surface area contributed by atoms with E-state index in [2.05, 4.69) is 10.4 Å². The first-order chi connectivity index (χ1) is 18.2. The zero-order valence-corrected chi connectivity index (χ0v) is 20.3. The van der Waals surface area contributed by atoms with Gasteiger partial charge in [0.25, 0.3) is 5.91 Å². The molecular weight excluding hydrogens is 497 g/mol. The molecule has 10 heteroatoms. The maximum atomic E-state index is 13.1. The molecule has 0 atom stereocenters. The molecule has 0 saturated carbocycles. The number of ether oxygens (including phenoxy) is 2. The van der Waals surface area contributed by atoms with Gasteiger partial charge in [-0.15, -0.1) is 0 Å². The van der Waals surface area contributed by atoms with Crippen LogP contribution in [0, 0.1) is 11.3 Å². The number of rotatable bonds is 7. The van der Waals surface area contributed by atoms with Crippen molar-refractivity contribution >= 4 is 17.7 Å². The molecule has 3 aromatic carbocycles. The predicted octanol–water partition coefficient (Wildman–Crippen LogP) is 6.12. The summed E-state index contributed by atoms with van der Waals surface area (Å²) in [6.07, 6.45) is -1.59. The topological polar surface area (TPSA) is 89.2 Å². The third-order valence-corrected chi connectivity index (χ3v) is 5.53. The summed E-state index contributed by atoms with van der Waals surface area (Å²) in [5.41, 5.74) is 0.895. The maximum absolute atomic E-state index is 13.1. The Balaban J connectivity index is 1.76. The van der Waals surface area contributed by atoms with Crippen LogP contribution in [0.1, 0.15) is 11.1 Å². The number of benzene rings is 3. The summed E-state index contributed by atoms with van der Waals surface area (Å²) in [4.78, 5) is 12.9. The first-order valence-electron chi connectivity index (χ1n) is 11.2. The van der Waals surface area contributed by atoms with Crippen LogP contribution in [0.25, 0.3) is 23.0 Å². The predicted molar refractivity (Wildman–Crippen MR) is 136 cm³/mol. The molecule has 1 amide bonds. The van der Waals surface area contributed by atoms with E-state index in [1.165, 1.54) is 32.4 Å². The molecule has 0 saturated heterocycles. The molecular formula is C28H21F3N4O3. The highest BCUT2D eigenvalue weighted by Gasteiger charge is 2.30. The number of nitriles is 1. The molecule has 0 aliphatic carbocycles. The van der Waals surface area contributed by atoms with Crippen LogP contribution < -0.4 is 14.8 Å². The van der Waals surface area contributed by atoms with Crippen LogP contribution in [-0.4, -0.2) is 29.9 Å². The number of halogens is 3. The van der Waals surface area contributed by atoms with Crippen molar-refractivity contribution in [2.24, 2.45) is 0 Å². The average Bonchev–Trinajstić information content (AvgIpc) is 3.35. The number of alkyl halides is 3. The van der Waals surface area contributed by atoms with E-state index in [-0.39, 0.29) is 11.3 Å². The molecule has 0 aliphatic rings. The minimum Gasteiger partial charge on any atom is -0.493 e. The quantitative estimate of drug-likeness (QED) is 0.235. The van der Waals surface area contributed by atoms with Crippen molar-refractivity contribution in [3.05, 3.63) is 95.7 Å². The molecule has 0 aliphatic heterocycles. The van der Waals surface area contributed by atoms with Crippen LogP contribution in [0.4, 0.5) is 18.9 Å². The van der Waals surface area contributed by atoms with Crippen molar-refractivity contribution in [2.75, 3.05) is 19.5 Å².